The second-order valence-corrected chi connectivity index (χ2v) is 10.6. The van der Waals surface area contributed by atoms with Gasteiger partial charge in [-0.1, -0.05) is 72.3 Å². The summed E-state index contributed by atoms with van der Waals surface area (Å²) in [7, 11) is 0. The van der Waals surface area contributed by atoms with Crippen molar-refractivity contribution in [1.82, 2.24) is 4.90 Å². The summed E-state index contributed by atoms with van der Waals surface area (Å²) in [4.78, 5) is 2.38. The van der Waals surface area contributed by atoms with Gasteiger partial charge < -0.3 is 30.3 Å². The largest absolute Gasteiger partial charge is 0.392 e. The van der Waals surface area contributed by atoms with Crippen LogP contribution in [-0.4, -0.2) is 40.9 Å². The number of benzene rings is 3. The summed E-state index contributed by atoms with van der Waals surface area (Å²) >= 11 is 6.04. The molecular formula is C30H35ClN2O4. The zero-order chi connectivity index (χ0) is 25.8. The molecule has 5 rings (SSSR count). The van der Waals surface area contributed by atoms with Gasteiger partial charge in [0.15, 0.2) is 6.29 Å². The number of nitrogens with zero attached hydrogens (tertiary/aromatic N) is 1. The number of aliphatic hydroxyl groups excluding tert-OH is 1. The van der Waals surface area contributed by atoms with Crippen molar-refractivity contribution in [3.8, 4) is 0 Å². The topological polar surface area (TPSA) is 88.2 Å². The highest BCUT2D eigenvalue weighted by Gasteiger charge is 2.37. The first-order valence-corrected chi connectivity index (χ1v) is 13.3. The van der Waals surface area contributed by atoms with E-state index in [1.165, 1.54) is 0 Å². The zero-order valence-corrected chi connectivity index (χ0v) is 21.7. The van der Waals surface area contributed by atoms with Gasteiger partial charge in [0.25, 0.3) is 0 Å². The summed E-state index contributed by atoms with van der Waals surface area (Å²) in [5.41, 5.74) is 9.85. The van der Waals surface area contributed by atoms with Crippen LogP contribution in [0.4, 0.5) is 0 Å². The van der Waals surface area contributed by atoms with Gasteiger partial charge in [0.1, 0.15) is 0 Å². The number of hydrogen-bond acceptors (Lipinski definition) is 6. The van der Waals surface area contributed by atoms with Gasteiger partial charge in [-0.3, -0.25) is 0 Å². The number of hydrogen-bond donors (Lipinski definition) is 3. The van der Waals surface area contributed by atoms with Crippen LogP contribution in [-0.2, 0) is 28.2 Å². The Balaban J connectivity index is 1.29. The maximum absolute atomic E-state index is 11.3. The minimum Gasteiger partial charge on any atom is -0.392 e. The molecule has 2 aliphatic heterocycles. The lowest BCUT2D eigenvalue weighted by atomic mass is 9.84. The first-order valence-electron chi connectivity index (χ1n) is 13.0. The number of halogens is 1. The smallest absolute Gasteiger partial charge is 0.184 e. The third-order valence-electron chi connectivity index (χ3n) is 7.63. The van der Waals surface area contributed by atoms with E-state index in [4.69, 9.17) is 26.8 Å². The van der Waals surface area contributed by atoms with E-state index in [0.29, 0.717) is 24.4 Å². The highest BCUT2D eigenvalue weighted by atomic mass is 35.5. The first-order chi connectivity index (χ1) is 18.0. The van der Waals surface area contributed by atoms with Crippen molar-refractivity contribution in [3.63, 3.8) is 0 Å². The van der Waals surface area contributed by atoms with Crippen LogP contribution in [0.2, 0.25) is 5.02 Å². The van der Waals surface area contributed by atoms with Crippen molar-refractivity contribution < 1.29 is 19.7 Å². The Morgan fingerprint density at radius 2 is 1.49 bits per heavy atom. The normalized spacial score (nSPS) is 24.2. The number of piperidine rings is 1. The van der Waals surface area contributed by atoms with Gasteiger partial charge >= 0.3 is 0 Å². The second kappa shape index (κ2) is 11.6. The molecule has 1 unspecified atom stereocenters. The second-order valence-electron chi connectivity index (χ2n) is 10.1. The van der Waals surface area contributed by atoms with Crippen molar-refractivity contribution in [2.75, 3.05) is 19.6 Å². The van der Waals surface area contributed by atoms with Gasteiger partial charge in [0, 0.05) is 43.2 Å². The lowest BCUT2D eigenvalue weighted by Gasteiger charge is -2.42. The average Bonchev–Trinajstić information content (AvgIpc) is 2.94. The molecule has 7 heteroatoms. The molecule has 3 aromatic carbocycles. The van der Waals surface area contributed by atoms with E-state index in [-0.39, 0.29) is 18.8 Å². The van der Waals surface area contributed by atoms with E-state index >= 15 is 0 Å². The fraction of sp³-hybridized carbons (Fsp3) is 0.400. The van der Waals surface area contributed by atoms with Gasteiger partial charge in [-0.25, -0.2) is 0 Å². The van der Waals surface area contributed by atoms with Crippen LogP contribution in [0.25, 0.3) is 0 Å². The molecule has 0 radical (unpaired) electrons. The highest BCUT2D eigenvalue weighted by Crippen LogP contribution is 2.39. The lowest BCUT2D eigenvalue weighted by molar-refractivity contribution is -0.253. The summed E-state index contributed by atoms with van der Waals surface area (Å²) in [6.45, 7) is 2.84. The molecule has 3 atom stereocenters. The van der Waals surface area contributed by atoms with Gasteiger partial charge in [-0.15, -0.1) is 0 Å². The van der Waals surface area contributed by atoms with E-state index in [0.717, 1.165) is 53.9 Å². The molecule has 196 valence electrons. The van der Waals surface area contributed by atoms with E-state index in [1.54, 1.807) is 0 Å². The van der Waals surface area contributed by atoms with Crippen molar-refractivity contribution in [3.05, 3.63) is 106 Å². The molecule has 37 heavy (non-hydrogen) atoms. The van der Waals surface area contributed by atoms with Crippen molar-refractivity contribution >= 4 is 11.6 Å². The standard InChI is InChI=1S/C30H35ClN2O4/c31-26-11-9-25(10-12-26)30(35)13-15-33(16-14-30)19-27-17-28(23-5-3-22(20-34)4-6-23)37-29(36-27)24-7-1-21(18-32)2-8-24/h1-12,27-29,34-35H,13-20,32H2/t27-,28+,29?/m0/s1. The minimum atomic E-state index is -0.831. The SMILES string of the molecule is NCc1ccc(C2O[C@H](CN3CCC(O)(c4ccc(Cl)cc4)CC3)C[C@H](c3ccc(CO)cc3)O2)cc1. The molecule has 6 nitrogen and oxygen atoms in total. The monoisotopic (exact) mass is 522 g/mol. The molecule has 0 spiro atoms. The Morgan fingerprint density at radius 3 is 2.11 bits per heavy atom. The maximum Gasteiger partial charge on any atom is 0.184 e. The fourth-order valence-electron chi connectivity index (χ4n) is 5.29. The molecule has 2 fully saturated rings. The molecule has 0 aromatic heterocycles. The van der Waals surface area contributed by atoms with Crippen molar-refractivity contribution in [1.29, 1.82) is 0 Å². The van der Waals surface area contributed by atoms with Crippen LogP contribution in [0.15, 0.2) is 72.8 Å². The minimum absolute atomic E-state index is 0.0188. The van der Waals surface area contributed by atoms with Crippen LogP contribution in [0.1, 0.15) is 59.5 Å². The Kier molecular flexibility index (Phi) is 8.27. The number of rotatable bonds is 7. The summed E-state index contributed by atoms with van der Waals surface area (Å²) < 4.78 is 12.9. The molecule has 0 bridgehead atoms. The molecule has 0 aliphatic carbocycles. The van der Waals surface area contributed by atoms with Crippen LogP contribution < -0.4 is 5.73 Å². The summed E-state index contributed by atoms with van der Waals surface area (Å²) in [5, 5.41) is 21.4. The maximum atomic E-state index is 11.3. The molecule has 4 N–H and O–H groups in total. The van der Waals surface area contributed by atoms with E-state index in [9.17, 15) is 10.2 Å². The van der Waals surface area contributed by atoms with Crippen LogP contribution >= 0.6 is 11.6 Å². The Hall–Kier alpha value is -2.29. The Bertz CT molecular complexity index is 1090. The fourth-order valence-corrected chi connectivity index (χ4v) is 5.41. The highest BCUT2D eigenvalue weighted by molar-refractivity contribution is 6.30. The number of nitrogens with two attached hydrogens (primary N) is 1. The molecule has 2 aliphatic rings. The molecule has 0 saturated carbocycles. The number of aliphatic hydroxyl groups is 2. The Labute approximate surface area is 223 Å². The predicted octanol–water partition coefficient (Wildman–Crippen LogP) is 4.82. The van der Waals surface area contributed by atoms with Crippen molar-refractivity contribution in [2.24, 2.45) is 5.73 Å². The molecule has 2 heterocycles. The van der Waals surface area contributed by atoms with E-state index in [1.807, 2.05) is 72.8 Å². The number of ether oxygens (including phenoxy) is 2. The summed E-state index contributed by atoms with van der Waals surface area (Å²) in [6, 6.07) is 23.5. The van der Waals surface area contributed by atoms with Crippen LogP contribution in [0, 0.1) is 0 Å². The summed E-state index contributed by atoms with van der Waals surface area (Å²) in [6.07, 6.45) is 1.41. The summed E-state index contributed by atoms with van der Waals surface area (Å²) in [5.74, 6) is 0. The first kappa shape index (κ1) is 26.3. The molecule has 3 aromatic rings. The van der Waals surface area contributed by atoms with E-state index in [2.05, 4.69) is 4.90 Å². The van der Waals surface area contributed by atoms with Gasteiger partial charge in [0.2, 0.25) is 0 Å². The molecule has 2 saturated heterocycles. The number of likely N-dealkylation sites (tertiary alicyclic amines) is 1. The van der Waals surface area contributed by atoms with Crippen LogP contribution in [0.5, 0.6) is 0 Å². The average molecular weight is 523 g/mol. The van der Waals surface area contributed by atoms with Crippen LogP contribution in [0.3, 0.4) is 0 Å². The van der Waals surface area contributed by atoms with E-state index < -0.39 is 11.9 Å². The quantitative estimate of drug-likeness (QED) is 0.412. The zero-order valence-electron chi connectivity index (χ0n) is 20.9. The molecular weight excluding hydrogens is 488 g/mol. The predicted molar refractivity (Wildman–Crippen MR) is 144 cm³/mol. The van der Waals surface area contributed by atoms with Gasteiger partial charge in [0.05, 0.1) is 24.4 Å². The third-order valence-corrected chi connectivity index (χ3v) is 7.88. The van der Waals surface area contributed by atoms with Crippen molar-refractivity contribution in [2.45, 2.75) is 56.5 Å². The Morgan fingerprint density at radius 1 is 0.865 bits per heavy atom. The third kappa shape index (κ3) is 6.24. The molecule has 0 amide bonds. The van der Waals surface area contributed by atoms with Gasteiger partial charge in [-0.2, -0.15) is 0 Å². The van der Waals surface area contributed by atoms with Gasteiger partial charge in [-0.05, 0) is 47.2 Å². The lowest BCUT2D eigenvalue weighted by Crippen LogP contribution is -2.46.